The first-order chi connectivity index (χ1) is 17.8. The first-order valence-corrected chi connectivity index (χ1v) is 13.0. The molecule has 2 heterocycles. The van der Waals surface area contributed by atoms with Crippen LogP contribution in [-0.4, -0.2) is 36.8 Å². The predicted octanol–water partition coefficient (Wildman–Crippen LogP) is 4.69. The van der Waals surface area contributed by atoms with Crippen molar-refractivity contribution in [3.8, 4) is 16.9 Å². The monoisotopic (exact) mass is 524 g/mol. The van der Waals surface area contributed by atoms with Crippen molar-refractivity contribution < 1.29 is 23.4 Å². The van der Waals surface area contributed by atoms with Crippen molar-refractivity contribution in [2.24, 2.45) is 0 Å². The van der Waals surface area contributed by atoms with Crippen LogP contribution in [0.2, 0.25) is 5.02 Å². The maximum absolute atomic E-state index is 16.3. The van der Waals surface area contributed by atoms with E-state index in [0.717, 1.165) is 24.9 Å². The summed E-state index contributed by atoms with van der Waals surface area (Å²) < 4.78 is 38.2. The van der Waals surface area contributed by atoms with Crippen molar-refractivity contribution in [2.45, 2.75) is 49.9 Å². The first-order valence-electron chi connectivity index (χ1n) is 12.6. The molecule has 1 fully saturated rings. The fourth-order valence-corrected chi connectivity index (χ4v) is 6.55. The van der Waals surface area contributed by atoms with E-state index in [-0.39, 0.29) is 46.3 Å². The van der Waals surface area contributed by atoms with Gasteiger partial charge in [0.05, 0.1) is 22.7 Å². The summed E-state index contributed by atoms with van der Waals surface area (Å²) in [6, 6.07) is 12.6. The van der Waals surface area contributed by atoms with Crippen LogP contribution in [0.4, 0.5) is 8.78 Å². The highest BCUT2D eigenvalue weighted by Gasteiger charge is 2.50. The molecule has 6 rings (SSSR count). The third kappa shape index (κ3) is 3.75. The van der Waals surface area contributed by atoms with Gasteiger partial charge in [0.2, 0.25) is 0 Å². The first kappa shape index (κ1) is 24.3. The lowest BCUT2D eigenvalue weighted by atomic mass is 9.80. The Kier molecular flexibility index (Phi) is 5.97. The van der Waals surface area contributed by atoms with Crippen LogP contribution in [0.5, 0.6) is 5.75 Å². The number of carbonyl (C=O) groups is 1. The number of carbonyl (C=O) groups excluding carboxylic acids is 1. The Hall–Kier alpha value is -3.00. The average Bonchev–Trinajstić information content (AvgIpc) is 3.64. The van der Waals surface area contributed by atoms with E-state index in [9.17, 15) is 9.90 Å². The predicted molar refractivity (Wildman–Crippen MR) is 137 cm³/mol. The number of hydrogen-bond donors (Lipinski definition) is 3. The minimum atomic E-state index is -0.845. The van der Waals surface area contributed by atoms with Crippen LogP contribution < -0.4 is 15.4 Å². The molecule has 0 saturated carbocycles. The molecule has 37 heavy (non-hydrogen) atoms. The van der Waals surface area contributed by atoms with E-state index in [1.54, 1.807) is 6.07 Å². The van der Waals surface area contributed by atoms with Crippen LogP contribution in [0.15, 0.2) is 42.5 Å². The van der Waals surface area contributed by atoms with Gasteiger partial charge in [0.1, 0.15) is 17.4 Å². The number of aliphatic hydroxyl groups is 1. The molecule has 3 N–H and O–H groups in total. The number of rotatable bonds is 4. The smallest absolute Gasteiger partial charge is 0.251 e. The van der Waals surface area contributed by atoms with Crippen LogP contribution >= 0.6 is 11.6 Å². The molecule has 192 valence electrons. The van der Waals surface area contributed by atoms with E-state index in [4.69, 9.17) is 16.3 Å². The van der Waals surface area contributed by atoms with Gasteiger partial charge in [0.25, 0.3) is 5.91 Å². The van der Waals surface area contributed by atoms with Gasteiger partial charge in [0.15, 0.2) is 5.60 Å². The lowest BCUT2D eigenvalue weighted by molar-refractivity contribution is 0.0539. The molecule has 5 nitrogen and oxygen atoms in total. The SMILES string of the molecule is CNC(=O)c1cc2c(c(F)c1-c1c(Cl)c(F)cc3c1C[C@](c1ccccc1)([C@@H]1CCCN1)O3)C[C@@H](O)C2. The second-order valence-corrected chi connectivity index (χ2v) is 10.5. The Morgan fingerprint density at radius 1 is 1.16 bits per heavy atom. The molecule has 0 unspecified atom stereocenters. The Labute approximate surface area is 218 Å². The van der Waals surface area contributed by atoms with Crippen molar-refractivity contribution in [2.75, 3.05) is 13.6 Å². The van der Waals surface area contributed by atoms with Crippen LogP contribution in [0.3, 0.4) is 0 Å². The maximum Gasteiger partial charge on any atom is 0.251 e. The van der Waals surface area contributed by atoms with Crippen LogP contribution in [0.25, 0.3) is 11.1 Å². The molecular weight excluding hydrogens is 498 g/mol. The highest BCUT2D eigenvalue weighted by atomic mass is 35.5. The molecule has 3 atom stereocenters. The largest absolute Gasteiger partial charge is 0.480 e. The summed E-state index contributed by atoms with van der Waals surface area (Å²) >= 11 is 6.59. The van der Waals surface area contributed by atoms with Gasteiger partial charge >= 0.3 is 0 Å². The summed E-state index contributed by atoms with van der Waals surface area (Å²) in [4.78, 5) is 13.0. The summed E-state index contributed by atoms with van der Waals surface area (Å²) in [6.45, 7) is 0.837. The maximum atomic E-state index is 16.3. The van der Waals surface area contributed by atoms with Crippen molar-refractivity contribution in [3.05, 3.63) is 86.9 Å². The van der Waals surface area contributed by atoms with Crippen LogP contribution in [0, 0.1) is 11.6 Å². The van der Waals surface area contributed by atoms with Gasteiger partial charge in [-0.05, 0) is 48.6 Å². The van der Waals surface area contributed by atoms with Gasteiger partial charge in [-0.3, -0.25) is 4.79 Å². The van der Waals surface area contributed by atoms with Crippen molar-refractivity contribution in [3.63, 3.8) is 0 Å². The second kappa shape index (κ2) is 9.08. The fraction of sp³-hybridized carbons (Fsp3) is 0.345. The van der Waals surface area contributed by atoms with Gasteiger partial charge in [-0.25, -0.2) is 8.78 Å². The Morgan fingerprint density at radius 3 is 2.65 bits per heavy atom. The molecule has 3 aromatic carbocycles. The number of halogens is 3. The van der Waals surface area contributed by atoms with Crippen molar-refractivity contribution in [1.82, 2.24) is 10.6 Å². The average molecular weight is 525 g/mol. The van der Waals surface area contributed by atoms with E-state index in [2.05, 4.69) is 10.6 Å². The number of aliphatic hydroxyl groups excluding tert-OH is 1. The van der Waals surface area contributed by atoms with E-state index in [1.165, 1.54) is 13.1 Å². The zero-order valence-electron chi connectivity index (χ0n) is 20.3. The van der Waals surface area contributed by atoms with E-state index >= 15 is 8.78 Å². The van der Waals surface area contributed by atoms with E-state index in [0.29, 0.717) is 23.1 Å². The molecule has 8 heteroatoms. The number of nitrogens with one attached hydrogen (secondary N) is 2. The molecule has 0 bridgehead atoms. The van der Waals surface area contributed by atoms with E-state index in [1.807, 2.05) is 30.3 Å². The van der Waals surface area contributed by atoms with Gasteiger partial charge in [-0.15, -0.1) is 0 Å². The molecule has 1 amide bonds. The zero-order valence-corrected chi connectivity index (χ0v) is 21.1. The number of ether oxygens (including phenoxy) is 1. The normalized spacial score (nSPS) is 24.0. The van der Waals surface area contributed by atoms with Gasteiger partial charge < -0.3 is 20.5 Å². The second-order valence-electron chi connectivity index (χ2n) is 10.1. The van der Waals surface area contributed by atoms with Gasteiger partial charge in [-0.1, -0.05) is 41.9 Å². The highest BCUT2D eigenvalue weighted by molar-refractivity contribution is 6.34. The summed E-state index contributed by atoms with van der Waals surface area (Å²) in [5, 5.41) is 16.1. The van der Waals surface area contributed by atoms with Gasteiger partial charge in [-0.2, -0.15) is 0 Å². The number of hydrogen-bond acceptors (Lipinski definition) is 4. The standard InChI is InChI=1S/C29H27ClF2N2O3/c1-33-28(36)19-11-15-10-17(35)12-18(15)27(32)25(19)24-20-14-29(23-8-5-9-34-23,16-6-3-2-4-7-16)37-22(20)13-21(31)26(24)30/h2-4,6-7,11,13,17,23,34-35H,5,8-10,12,14H2,1H3,(H,33,36)/t17-,23-,29-/m0/s1. The molecule has 0 radical (unpaired) electrons. The topological polar surface area (TPSA) is 70.6 Å². The zero-order chi connectivity index (χ0) is 25.9. The summed E-state index contributed by atoms with van der Waals surface area (Å²) in [5.41, 5.74) is 1.68. The van der Waals surface area contributed by atoms with Crippen molar-refractivity contribution >= 4 is 17.5 Å². The minimum absolute atomic E-state index is 0.0459. The van der Waals surface area contributed by atoms with E-state index < -0.39 is 29.2 Å². The molecule has 1 aliphatic carbocycles. The van der Waals surface area contributed by atoms with Crippen LogP contribution in [0.1, 0.15) is 45.5 Å². The van der Waals surface area contributed by atoms with Crippen LogP contribution in [-0.2, 0) is 24.9 Å². The molecule has 3 aliphatic rings. The Bertz CT molecular complexity index is 1410. The quantitative estimate of drug-likeness (QED) is 0.463. The third-order valence-corrected chi connectivity index (χ3v) is 8.35. The Balaban J connectivity index is 1.60. The lowest BCUT2D eigenvalue weighted by Gasteiger charge is -2.35. The summed E-state index contributed by atoms with van der Waals surface area (Å²) in [5.74, 6) is -1.63. The van der Waals surface area contributed by atoms with Gasteiger partial charge in [0, 0.05) is 42.6 Å². The summed E-state index contributed by atoms with van der Waals surface area (Å²) in [7, 11) is 1.46. The molecule has 1 saturated heterocycles. The highest BCUT2D eigenvalue weighted by Crippen LogP contribution is 2.52. The molecule has 3 aromatic rings. The fourth-order valence-electron chi connectivity index (χ4n) is 6.29. The summed E-state index contributed by atoms with van der Waals surface area (Å²) in [6.07, 6.45) is 1.79. The number of fused-ring (bicyclic) bond motifs is 2. The molecule has 0 spiro atoms. The molecular formula is C29H27ClF2N2O3. The molecule has 0 aromatic heterocycles. The Morgan fingerprint density at radius 2 is 1.95 bits per heavy atom. The number of amides is 1. The molecule has 2 aliphatic heterocycles. The minimum Gasteiger partial charge on any atom is -0.480 e. The lowest BCUT2D eigenvalue weighted by Crippen LogP contribution is -2.48. The third-order valence-electron chi connectivity index (χ3n) is 7.98. The number of benzene rings is 3. The van der Waals surface area contributed by atoms with Crippen molar-refractivity contribution in [1.29, 1.82) is 0 Å².